The van der Waals surface area contributed by atoms with Gasteiger partial charge in [-0.15, -0.1) is 0 Å². The summed E-state index contributed by atoms with van der Waals surface area (Å²) in [6, 6.07) is 8.34. The van der Waals surface area contributed by atoms with E-state index in [9.17, 15) is 10.1 Å². The van der Waals surface area contributed by atoms with E-state index in [1.807, 2.05) is 12.1 Å². The summed E-state index contributed by atoms with van der Waals surface area (Å²) in [7, 11) is 4.50. The van der Waals surface area contributed by atoms with E-state index < -0.39 is 4.92 Å². The van der Waals surface area contributed by atoms with Crippen molar-refractivity contribution in [3.8, 4) is 17.4 Å². The molecule has 23 heavy (non-hydrogen) atoms. The quantitative estimate of drug-likeness (QED) is 0.619. The fourth-order valence-electron chi connectivity index (χ4n) is 2.00. The summed E-state index contributed by atoms with van der Waals surface area (Å²) in [6.45, 7) is 0.432. The Bertz CT molecular complexity index is 706. The zero-order valence-electron chi connectivity index (χ0n) is 13.0. The van der Waals surface area contributed by atoms with Crippen molar-refractivity contribution >= 4 is 11.5 Å². The number of aromatic nitrogens is 1. The smallest absolute Gasteiger partial charge is 0.331 e. The zero-order valence-corrected chi connectivity index (χ0v) is 13.0. The summed E-state index contributed by atoms with van der Waals surface area (Å²) in [4.78, 5) is 14.4. The minimum absolute atomic E-state index is 0.0401. The van der Waals surface area contributed by atoms with Crippen molar-refractivity contribution in [1.82, 2.24) is 4.98 Å². The lowest BCUT2D eigenvalue weighted by molar-refractivity contribution is -0.386. The first-order chi connectivity index (χ1) is 11.1. The monoisotopic (exact) mass is 319 g/mol. The molecule has 0 bridgehead atoms. The molecule has 2 aromatic rings. The predicted octanol–water partition coefficient (Wildman–Crippen LogP) is 2.63. The molecular formula is C15H17N3O5. The molecule has 0 spiro atoms. The van der Waals surface area contributed by atoms with Gasteiger partial charge in [0.2, 0.25) is 0 Å². The lowest BCUT2D eigenvalue weighted by Gasteiger charge is -2.12. The molecule has 0 saturated heterocycles. The lowest BCUT2D eigenvalue weighted by atomic mass is 10.2. The number of rotatable bonds is 7. The van der Waals surface area contributed by atoms with Gasteiger partial charge >= 0.3 is 5.69 Å². The van der Waals surface area contributed by atoms with Gasteiger partial charge in [0.25, 0.3) is 5.88 Å². The highest BCUT2D eigenvalue weighted by atomic mass is 16.6. The van der Waals surface area contributed by atoms with Gasteiger partial charge in [-0.2, -0.15) is 4.98 Å². The topological polar surface area (TPSA) is 95.8 Å². The van der Waals surface area contributed by atoms with Gasteiger partial charge in [-0.3, -0.25) is 10.1 Å². The summed E-state index contributed by atoms with van der Waals surface area (Å²) in [5, 5.41) is 13.9. The lowest BCUT2D eigenvalue weighted by Crippen LogP contribution is -2.05. The Balaban J connectivity index is 2.16. The fourth-order valence-corrected chi connectivity index (χ4v) is 2.00. The van der Waals surface area contributed by atoms with Crippen molar-refractivity contribution in [1.29, 1.82) is 0 Å². The van der Waals surface area contributed by atoms with Gasteiger partial charge in [0, 0.05) is 24.2 Å². The third-order valence-corrected chi connectivity index (χ3v) is 3.18. The van der Waals surface area contributed by atoms with Crippen LogP contribution >= 0.6 is 0 Å². The van der Waals surface area contributed by atoms with Gasteiger partial charge in [-0.25, -0.2) is 0 Å². The zero-order chi connectivity index (χ0) is 16.8. The number of nitrogens with one attached hydrogen (secondary N) is 1. The molecule has 1 N–H and O–H groups in total. The van der Waals surface area contributed by atoms with E-state index >= 15 is 0 Å². The summed E-state index contributed by atoms with van der Waals surface area (Å²) in [6.07, 6.45) is 0. The average Bonchev–Trinajstić information content (AvgIpc) is 2.59. The van der Waals surface area contributed by atoms with Crippen molar-refractivity contribution < 1.29 is 19.1 Å². The number of benzene rings is 1. The summed E-state index contributed by atoms with van der Waals surface area (Å²) in [5.41, 5.74) is 0.715. The Morgan fingerprint density at radius 1 is 1.13 bits per heavy atom. The number of nitro groups is 1. The molecule has 8 nitrogen and oxygen atoms in total. The van der Waals surface area contributed by atoms with Gasteiger partial charge < -0.3 is 19.5 Å². The van der Waals surface area contributed by atoms with Gasteiger partial charge in [0.15, 0.2) is 0 Å². The highest BCUT2D eigenvalue weighted by molar-refractivity contribution is 5.50. The van der Waals surface area contributed by atoms with Crippen molar-refractivity contribution in [2.24, 2.45) is 0 Å². The first-order valence-corrected chi connectivity index (χ1v) is 6.73. The van der Waals surface area contributed by atoms with Crippen LogP contribution in [0.4, 0.5) is 11.5 Å². The first kappa shape index (κ1) is 16.3. The van der Waals surface area contributed by atoms with E-state index in [0.29, 0.717) is 23.9 Å². The molecule has 122 valence electrons. The Morgan fingerprint density at radius 2 is 1.91 bits per heavy atom. The van der Waals surface area contributed by atoms with Gasteiger partial charge in [-0.05, 0) is 18.2 Å². The Kier molecular flexibility index (Phi) is 5.19. The molecule has 0 aliphatic carbocycles. The van der Waals surface area contributed by atoms with Crippen LogP contribution in [0.1, 0.15) is 5.56 Å². The maximum absolute atomic E-state index is 10.9. The van der Waals surface area contributed by atoms with Gasteiger partial charge in [-0.1, -0.05) is 0 Å². The van der Waals surface area contributed by atoms with Gasteiger partial charge in [0.05, 0.1) is 26.3 Å². The second-order valence-corrected chi connectivity index (χ2v) is 4.51. The summed E-state index contributed by atoms with van der Waals surface area (Å²) < 4.78 is 15.4. The van der Waals surface area contributed by atoms with E-state index in [1.165, 1.54) is 19.2 Å². The number of hydrogen-bond acceptors (Lipinski definition) is 7. The van der Waals surface area contributed by atoms with Crippen molar-refractivity contribution in [2.45, 2.75) is 6.54 Å². The van der Waals surface area contributed by atoms with Crippen LogP contribution in [0.15, 0.2) is 30.3 Å². The third-order valence-electron chi connectivity index (χ3n) is 3.18. The molecule has 0 aliphatic heterocycles. The largest absolute Gasteiger partial charge is 0.497 e. The molecule has 0 atom stereocenters. The molecule has 0 unspecified atom stereocenters. The minimum atomic E-state index is -0.540. The molecule has 0 amide bonds. The molecule has 0 aliphatic rings. The third kappa shape index (κ3) is 3.79. The van der Waals surface area contributed by atoms with Crippen LogP contribution in [0.5, 0.6) is 17.4 Å². The number of ether oxygens (including phenoxy) is 3. The van der Waals surface area contributed by atoms with Crippen LogP contribution < -0.4 is 19.5 Å². The van der Waals surface area contributed by atoms with Crippen LogP contribution in [-0.2, 0) is 6.54 Å². The van der Waals surface area contributed by atoms with Crippen LogP contribution in [0.2, 0.25) is 0 Å². The van der Waals surface area contributed by atoms with Crippen LogP contribution in [0.3, 0.4) is 0 Å². The normalized spacial score (nSPS) is 10.0. The molecule has 1 aromatic heterocycles. The second-order valence-electron chi connectivity index (χ2n) is 4.51. The highest BCUT2D eigenvalue weighted by Gasteiger charge is 2.16. The molecule has 2 rings (SSSR count). The number of hydrogen-bond donors (Lipinski definition) is 1. The van der Waals surface area contributed by atoms with E-state index in [-0.39, 0.29) is 11.6 Å². The average molecular weight is 319 g/mol. The Morgan fingerprint density at radius 3 is 2.52 bits per heavy atom. The number of nitrogens with zero attached hydrogens (tertiary/aromatic N) is 2. The minimum Gasteiger partial charge on any atom is -0.497 e. The summed E-state index contributed by atoms with van der Waals surface area (Å²) >= 11 is 0. The predicted molar refractivity (Wildman–Crippen MR) is 84.3 cm³/mol. The summed E-state index contributed by atoms with van der Waals surface area (Å²) in [5.74, 6) is 1.79. The SMILES string of the molecule is COc1ccc(CNc2ccc([N+](=O)[O-])c(OC)n2)c(OC)c1. The van der Waals surface area contributed by atoms with E-state index in [1.54, 1.807) is 20.3 Å². The first-order valence-electron chi connectivity index (χ1n) is 6.73. The van der Waals surface area contributed by atoms with E-state index in [4.69, 9.17) is 14.2 Å². The standard InChI is InChI=1S/C15H17N3O5/c1-21-11-5-4-10(13(8-11)22-2)9-16-14-7-6-12(18(19)20)15(17-14)23-3/h4-8H,9H2,1-3H3,(H,16,17). The van der Waals surface area contributed by atoms with Crippen molar-refractivity contribution in [2.75, 3.05) is 26.6 Å². The Labute approximate surface area is 133 Å². The highest BCUT2D eigenvalue weighted by Crippen LogP contribution is 2.28. The second kappa shape index (κ2) is 7.30. The molecule has 8 heteroatoms. The number of methoxy groups -OCH3 is 3. The van der Waals surface area contributed by atoms with Crippen LogP contribution in [0.25, 0.3) is 0 Å². The molecule has 1 aromatic carbocycles. The van der Waals surface area contributed by atoms with Crippen molar-refractivity contribution in [3.63, 3.8) is 0 Å². The van der Waals surface area contributed by atoms with E-state index in [0.717, 1.165) is 5.56 Å². The van der Waals surface area contributed by atoms with Crippen LogP contribution in [-0.4, -0.2) is 31.2 Å². The number of anilines is 1. The molecule has 0 saturated carbocycles. The Hall–Kier alpha value is -3.03. The maximum atomic E-state index is 10.9. The fraction of sp³-hybridized carbons (Fsp3) is 0.267. The maximum Gasteiger partial charge on any atom is 0.331 e. The molecule has 1 heterocycles. The molecular weight excluding hydrogens is 302 g/mol. The van der Waals surface area contributed by atoms with Crippen molar-refractivity contribution in [3.05, 3.63) is 46.0 Å². The number of pyridine rings is 1. The molecule has 0 fully saturated rings. The van der Waals surface area contributed by atoms with Crippen LogP contribution in [0, 0.1) is 10.1 Å². The van der Waals surface area contributed by atoms with Gasteiger partial charge in [0.1, 0.15) is 17.3 Å². The molecule has 0 radical (unpaired) electrons. The van der Waals surface area contributed by atoms with E-state index in [2.05, 4.69) is 10.3 Å².